The van der Waals surface area contributed by atoms with Gasteiger partial charge in [0.05, 0.1) is 17.8 Å². The number of carbonyl (C=O) groups excluding carboxylic acids is 1. The number of benzene rings is 2. The molecule has 0 bridgehead atoms. The number of halogens is 1. The molecule has 1 amide bonds. The van der Waals surface area contributed by atoms with E-state index in [1.165, 1.54) is 7.11 Å². The van der Waals surface area contributed by atoms with Gasteiger partial charge in [-0.05, 0) is 55.3 Å². The second kappa shape index (κ2) is 7.09. The van der Waals surface area contributed by atoms with Crippen molar-refractivity contribution in [2.75, 3.05) is 12.4 Å². The number of hydrogen-bond donors (Lipinski definition) is 3. The molecule has 0 aliphatic rings. The molecular weight excluding hydrogens is 354 g/mol. The maximum absolute atomic E-state index is 12.4. The number of aryl methyl sites for hydroxylation is 2. The average Bonchev–Trinajstić information content (AvgIpc) is 3.04. The Kier molecular flexibility index (Phi) is 4.86. The summed E-state index contributed by atoms with van der Waals surface area (Å²) < 4.78 is 5.09. The third kappa shape index (κ3) is 3.50. The Bertz CT molecular complexity index is 959. The fourth-order valence-corrected chi connectivity index (χ4v) is 3.04. The molecule has 1 aromatic heterocycles. The van der Waals surface area contributed by atoms with Gasteiger partial charge in [0.15, 0.2) is 0 Å². The average molecular weight is 372 g/mol. The molecule has 2 aromatic carbocycles. The molecular formula is C19H18ClN3O3. The Hall–Kier alpha value is -2.99. The molecule has 1 heterocycles. The quantitative estimate of drug-likeness (QED) is 0.637. The van der Waals surface area contributed by atoms with E-state index in [9.17, 15) is 9.90 Å². The summed E-state index contributed by atoms with van der Waals surface area (Å²) in [6.45, 7) is 3.79. The van der Waals surface area contributed by atoms with Gasteiger partial charge in [0.2, 0.25) is 0 Å². The standard InChI is InChI=1S/C19H18ClN3O3/c1-10-6-11(2)18(16(24)7-10)14-9-15(23-22-14)19(25)21-12-4-5-17(26-3)13(20)8-12/h4-9,24H,1-3H3,(H,21,25)(H,22,23). The molecule has 0 spiro atoms. The van der Waals surface area contributed by atoms with Crippen molar-refractivity contribution in [1.29, 1.82) is 0 Å². The molecule has 0 saturated heterocycles. The van der Waals surface area contributed by atoms with Gasteiger partial charge in [-0.3, -0.25) is 9.89 Å². The fourth-order valence-electron chi connectivity index (χ4n) is 2.79. The first kappa shape index (κ1) is 17.8. The second-order valence-electron chi connectivity index (χ2n) is 5.95. The van der Waals surface area contributed by atoms with Gasteiger partial charge in [-0.1, -0.05) is 17.7 Å². The Morgan fingerprint density at radius 2 is 2.00 bits per heavy atom. The number of ether oxygens (including phenoxy) is 1. The third-order valence-corrected chi connectivity index (χ3v) is 4.24. The molecule has 0 unspecified atom stereocenters. The number of methoxy groups -OCH3 is 1. The molecule has 26 heavy (non-hydrogen) atoms. The Labute approximate surface area is 155 Å². The number of aromatic nitrogens is 2. The Morgan fingerprint density at radius 1 is 1.23 bits per heavy atom. The van der Waals surface area contributed by atoms with Gasteiger partial charge < -0.3 is 15.2 Å². The molecule has 3 rings (SSSR count). The van der Waals surface area contributed by atoms with Gasteiger partial charge in [-0.15, -0.1) is 0 Å². The summed E-state index contributed by atoms with van der Waals surface area (Å²) in [5, 5.41) is 20.2. The van der Waals surface area contributed by atoms with Crippen molar-refractivity contribution in [2.45, 2.75) is 13.8 Å². The van der Waals surface area contributed by atoms with Crippen LogP contribution >= 0.6 is 11.6 Å². The van der Waals surface area contributed by atoms with Crippen LogP contribution in [0.5, 0.6) is 11.5 Å². The topological polar surface area (TPSA) is 87.2 Å². The number of phenols is 1. The van der Waals surface area contributed by atoms with Crippen molar-refractivity contribution in [2.24, 2.45) is 0 Å². The lowest BCUT2D eigenvalue weighted by molar-refractivity contribution is 0.102. The summed E-state index contributed by atoms with van der Waals surface area (Å²) in [6, 6.07) is 10.2. The van der Waals surface area contributed by atoms with Gasteiger partial charge in [0.25, 0.3) is 5.91 Å². The highest BCUT2D eigenvalue weighted by molar-refractivity contribution is 6.32. The van der Waals surface area contributed by atoms with Crippen LogP contribution in [0.2, 0.25) is 5.02 Å². The van der Waals surface area contributed by atoms with Crippen LogP contribution in [0, 0.1) is 13.8 Å². The van der Waals surface area contributed by atoms with Crippen molar-refractivity contribution in [3.8, 4) is 22.8 Å². The summed E-state index contributed by atoms with van der Waals surface area (Å²) >= 11 is 6.07. The highest BCUT2D eigenvalue weighted by Gasteiger charge is 2.16. The van der Waals surface area contributed by atoms with Crippen LogP contribution in [0.1, 0.15) is 21.6 Å². The maximum Gasteiger partial charge on any atom is 0.273 e. The number of nitrogens with one attached hydrogen (secondary N) is 2. The summed E-state index contributed by atoms with van der Waals surface area (Å²) in [5.74, 6) is 0.288. The molecule has 0 aliphatic heterocycles. The predicted octanol–water partition coefficient (Wildman–Crippen LogP) is 4.31. The highest BCUT2D eigenvalue weighted by Crippen LogP contribution is 2.33. The van der Waals surface area contributed by atoms with Crippen LogP contribution in [0.15, 0.2) is 36.4 Å². The third-order valence-electron chi connectivity index (χ3n) is 3.95. The van der Waals surface area contributed by atoms with Crippen molar-refractivity contribution in [3.05, 3.63) is 58.2 Å². The first-order chi connectivity index (χ1) is 12.4. The van der Waals surface area contributed by atoms with E-state index in [-0.39, 0.29) is 17.4 Å². The Balaban J connectivity index is 1.84. The van der Waals surface area contributed by atoms with Gasteiger partial charge in [0.1, 0.15) is 17.2 Å². The first-order valence-corrected chi connectivity index (χ1v) is 8.27. The minimum absolute atomic E-state index is 0.128. The molecule has 0 radical (unpaired) electrons. The molecule has 0 atom stereocenters. The molecule has 0 fully saturated rings. The smallest absolute Gasteiger partial charge is 0.273 e. The van der Waals surface area contributed by atoms with Crippen molar-refractivity contribution < 1.29 is 14.6 Å². The van der Waals surface area contributed by atoms with Gasteiger partial charge >= 0.3 is 0 Å². The zero-order valence-electron chi connectivity index (χ0n) is 14.6. The molecule has 3 aromatic rings. The van der Waals surface area contributed by atoms with E-state index in [1.807, 2.05) is 19.9 Å². The number of nitrogens with zero attached hydrogens (tertiary/aromatic N) is 1. The molecule has 134 valence electrons. The lowest BCUT2D eigenvalue weighted by Gasteiger charge is -2.07. The van der Waals surface area contributed by atoms with E-state index in [0.29, 0.717) is 27.7 Å². The number of aromatic amines is 1. The van der Waals surface area contributed by atoms with E-state index in [2.05, 4.69) is 15.5 Å². The number of H-pyrrole nitrogens is 1. The zero-order chi connectivity index (χ0) is 18.8. The van der Waals surface area contributed by atoms with Crippen LogP contribution in [-0.2, 0) is 0 Å². The minimum Gasteiger partial charge on any atom is -0.507 e. The maximum atomic E-state index is 12.4. The van der Waals surface area contributed by atoms with Crippen LogP contribution in [0.3, 0.4) is 0 Å². The normalized spacial score (nSPS) is 10.6. The first-order valence-electron chi connectivity index (χ1n) is 7.90. The minimum atomic E-state index is -0.366. The fraction of sp³-hybridized carbons (Fsp3) is 0.158. The Morgan fingerprint density at radius 3 is 2.65 bits per heavy atom. The van der Waals surface area contributed by atoms with Crippen molar-refractivity contribution in [3.63, 3.8) is 0 Å². The SMILES string of the molecule is COc1ccc(NC(=O)c2cc(-c3c(C)cc(C)cc3O)n[nH]2)cc1Cl. The molecule has 0 aliphatic carbocycles. The summed E-state index contributed by atoms with van der Waals surface area (Å²) in [4.78, 5) is 12.4. The number of aromatic hydroxyl groups is 1. The zero-order valence-corrected chi connectivity index (χ0v) is 15.3. The van der Waals surface area contributed by atoms with E-state index < -0.39 is 0 Å². The monoisotopic (exact) mass is 371 g/mol. The molecule has 0 saturated carbocycles. The van der Waals surface area contributed by atoms with Crippen LogP contribution < -0.4 is 10.1 Å². The predicted molar refractivity (Wildman–Crippen MR) is 101 cm³/mol. The van der Waals surface area contributed by atoms with Gasteiger partial charge in [0, 0.05) is 11.3 Å². The number of carbonyl (C=O) groups is 1. The van der Waals surface area contributed by atoms with Gasteiger partial charge in [-0.2, -0.15) is 5.10 Å². The lowest BCUT2D eigenvalue weighted by Crippen LogP contribution is -2.12. The van der Waals surface area contributed by atoms with Crippen molar-refractivity contribution in [1.82, 2.24) is 10.2 Å². The van der Waals surface area contributed by atoms with E-state index >= 15 is 0 Å². The number of amides is 1. The van der Waals surface area contributed by atoms with Crippen LogP contribution in [-0.4, -0.2) is 28.3 Å². The van der Waals surface area contributed by atoms with Crippen LogP contribution in [0.25, 0.3) is 11.3 Å². The van der Waals surface area contributed by atoms with E-state index in [0.717, 1.165) is 11.1 Å². The van der Waals surface area contributed by atoms with E-state index in [1.54, 1.807) is 30.3 Å². The summed E-state index contributed by atoms with van der Waals surface area (Å²) in [7, 11) is 1.52. The lowest BCUT2D eigenvalue weighted by atomic mass is 10.0. The molecule has 7 heteroatoms. The highest BCUT2D eigenvalue weighted by atomic mass is 35.5. The van der Waals surface area contributed by atoms with Gasteiger partial charge in [-0.25, -0.2) is 0 Å². The second-order valence-corrected chi connectivity index (χ2v) is 6.35. The van der Waals surface area contributed by atoms with Crippen molar-refractivity contribution >= 4 is 23.2 Å². The van der Waals surface area contributed by atoms with Crippen LogP contribution in [0.4, 0.5) is 5.69 Å². The van der Waals surface area contributed by atoms with E-state index in [4.69, 9.17) is 16.3 Å². The summed E-state index contributed by atoms with van der Waals surface area (Å²) in [5.41, 5.74) is 3.73. The molecule has 6 nitrogen and oxygen atoms in total. The molecule has 3 N–H and O–H groups in total. The largest absolute Gasteiger partial charge is 0.507 e. The number of anilines is 1. The summed E-state index contributed by atoms with van der Waals surface area (Å²) in [6.07, 6.45) is 0. The number of hydrogen-bond acceptors (Lipinski definition) is 4. The number of phenolic OH excluding ortho intramolecular Hbond substituents is 1. The number of rotatable bonds is 4.